The average Bonchev–Trinajstić information content (AvgIpc) is 2.87. The highest BCUT2D eigenvalue weighted by Gasteiger charge is 2.16. The van der Waals surface area contributed by atoms with Crippen LogP contribution in [0.25, 0.3) is 17.2 Å². The van der Waals surface area contributed by atoms with Gasteiger partial charge >= 0.3 is 6.01 Å². The predicted molar refractivity (Wildman–Crippen MR) is 63.4 cm³/mol. The van der Waals surface area contributed by atoms with E-state index in [-0.39, 0.29) is 23.1 Å². The second-order valence-corrected chi connectivity index (χ2v) is 3.85. The maximum Gasteiger partial charge on any atom is 0.312 e. The number of H-pyrrole nitrogens is 1. The molecule has 0 unspecified atom stereocenters. The number of hydrogen-bond donors (Lipinski definition) is 2. The largest absolute Gasteiger partial charge is 0.428 e. The summed E-state index contributed by atoms with van der Waals surface area (Å²) in [4.78, 5) is 27.0. The molecule has 0 amide bonds. The monoisotopic (exact) mass is 246 g/mol. The molecule has 3 heterocycles. The molecule has 0 aliphatic rings. The van der Waals surface area contributed by atoms with Gasteiger partial charge < -0.3 is 15.1 Å². The molecule has 0 fully saturated rings. The smallest absolute Gasteiger partial charge is 0.312 e. The SMILES string of the molecule is Cc1nc(-n2c(N)nc3nc[nH]c3c2=O)oc1C. The van der Waals surface area contributed by atoms with Crippen LogP contribution in [0.4, 0.5) is 5.95 Å². The van der Waals surface area contributed by atoms with Gasteiger partial charge in [0.2, 0.25) is 5.95 Å². The van der Waals surface area contributed by atoms with Crippen LogP contribution in [-0.4, -0.2) is 24.5 Å². The van der Waals surface area contributed by atoms with E-state index in [4.69, 9.17) is 10.2 Å². The molecule has 18 heavy (non-hydrogen) atoms. The molecule has 92 valence electrons. The summed E-state index contributed by atoms with van der Waals surface area (Å²) < 4.78 is 6.50. The Kier molecular flexibility index (Phi) is 2.00. The molecule has 0 aliphatic carbocycles. The van der Waals surface area contributed by atoms with E-state index in [9.17, 15) is 4.79 Å². The van der Waals surface area contributed by atoms with Gasteiger partial charge in [0.1, 0.15) is 5.76 Å². The standard InChI is InChI=1S/C10H10N6O2/c1-4-5(2)18-10(14-4)16-8(17)6-7(13-3-12-6)15-9(16)11/h3H,1-2H3,(H2,11,15)(H,12,13). The topological polar surface area (TPSA) is 116 Å². The Morgan fingerprint density at radius 1 is 1.39 bits per heavy atom. The molecular weight excluding hydrogens is 236 g/mol. The Hall–Kier alpha value is -2.64. The van der Waals surface area contributed by atoms with Gasteiger partial charge in [-0.2, -0.15) is 14.5 Å². The number of nitrogen functional groups attached to an aromatic ring is 1. The zero-order valence-corrected chi connectivity index (χ0v) is 9.76. The predicted octanol–water partition coefficient (Wildman–Crippen LogP) is 0.296. The second-order valence-electron chi connectivity index (χ2n) is 3.85. The lowest BCUT2D eigenvalue weighted by molar-refractivity contribution is 0.497. The van der Waals surface area contributed by atoms with Crippen molar-refractivity contribution in [3.05, 3.63) is 28.1 Å². The minimum Gasteiger partial charge on any atom is -0.428 e. The molecule has 0 aromatic carbocycles. The number of hydrogen-bond acceptors (Lipinski definition) is 6. The normalized spacial score (nSPS) is 11.2. The molecule has 0 spiro atoms. The molecule has 3 rings (SSSR count). The fourth-order valence-electron chi connectivity index (χ4n) is 1.64. The van der Waals surface area contributed by atoms with E-state index >= 15 is 0 Å². The van der Waals surface area contributed by atoms with Crippen LogP contribution < -0.4 is 11.3 Å². The molecule has 0 saturated carbocycles. The molecule has 8 heteroatoms. The summed E-state index contributed by atoms with van der Waals surface area (Å²) >= 11 is 0. The first-order valence-corrected chi connectivity index (χ1v) is 5.24. The van der Waals surface area contributed by atoms with Crippen LogP contribution in [-0.2, 0) is 0 Å². The van der Waals surface area contributed by atoms with Crippen molar-refractivity contribution in [2.75, 3.05) is 5.73 Å². The van der Waals surface area contributed by atoms with Gasteiger partial charge in [-0.05, 0) is 13.8 Å². The molecule has 3 aromatic rings. The number of nitrogens with two attached hydrogens (primary N) is 1. The number of nitrogens with zero attached hydrogens (tertiary/aromatic N) is 4. The third-order valence-corrected chi connectivity index (χ3v) is 2.69. The number of aromatic amines is 1. The van der Waals surface area contributed by atoms with Crippen molar-refractivity contribution in [2.45, 2.75) is 13.8 Å². The number of anilines is 1. The zero-order valence-electron chi connectivity index (χ0n) is 9.76. The molecule has 0 radical (unpaired) electrons. The van der Waals surface area contributed by atoms with Gasteiger partial charge in [0, 0.05) is 0 Å². The van der Waals surface area contributed by atoms with Gasteiger partial charge in [0.15, 0.2) is 11.2 Å². The number of rotatable bonds is 1. The van der Waals surface area contributed by atoms with Gasteiger partial charge in [-0.3, -0.25) is 4.79 Å². The third kappa shape index (κ3) is 1.32. The van der Waals surface area contributed by atoms with Crippen LogP contribution in [0.1, 0.15) is 11.5 Å². The summed E-state index contributed by atoms with van der Waals surface area (Å²) in [6.45, 7) is 3.54. The van der Waals surface area contributed by atoms with Crippen LogP contribution in [0.5, 0.6) is 0 Å². The minimum absolute atomic E-state index is 0.0131. The molecular formula is C10H10N6O2. The first-order valence-electron chi connectivity index (χ1n) is 5.24. The zero-order chi connectivity index (χ0) is 12.9. The molecule has 0 saturated heterocycles. The first kappa shape index (κ1) is 10.5. The molecule has 8 nitrogen and oxygen atoms in total. The fourth-order valence-corrected chi connectivity index (χ4v) is 1.64. The van der Waals surface area contributed by atoms with Crippen LogP contribution >= 0.6 is 0 Å². The molecule has 3 N–H and O–H groups in total. The van der Waals surface area contributed by atoms with Crippen molar-refractivity contribution in [1.29, 1.82) is 0 Å². The number of aryl methyl sites for hydroxylation is 2. The van der Waals surface area contributed by atoms with Crippen LogP contribution in [0.15, 0.2) is 15.5 Å². The van der Waals surface area contributed by atoms with E-state index in [0.717, 1.165) is 4.57 Å². The molecule has 0 atom stereocenters. The van der Waals surface area contributed by atoms with Crippen molar-refractivity contribution in [3.63, 3.8) is 0 Å². The van der Waals surface area contributed by atoms with E-state index in [0.29, 0.717) is 11.5 Å². The Bertz CT molecular complexity index is 777. The summed E-state index contributed by atoms with van der Waals surface area (Å²) in [5.74, 6) is 0.613. The summed E-state index contributed by atoms with van der Waals surface area (Å²) in [6.07, 6.45) is 1.38. The lowest BCUT2D eigenvalue weighted by Crippen LogP contribution is -2.23. The summed E-state index contributed by atoms with van der Waals surface area (Å²) in [6, 6.07) is 0.108. The third-order valence-electron chi connectivity index (χ3n) is 2.69. The first-order chi connectivity index (χ1) is 8.58. The van der Waals surface area contributed by atoms with E-state index in [1.54, 1.807) is 13.8 Å². The number of imidazole rings is 1. The minimum atomic E-state index is -0.392. The highest BCUT2D eigenvalue weighted by molar-refractivity contribution is 5.70. The van der Waals surface area contributed by atoms with E-state index in [1.165, 1.54) is 6.33 Å². The van der Waals surface area contributed by atoms with Crippen molar-refractivity contribution in [1.82, 2.24) is 24.5 Å². The highest BCUT2D eigenvalue weighted by Crippen LogP contribution is 2.14. The number of oxazole rings is 1. The lowest BCUT2D eigenvalue weighted by Gasteiger charge is -2.02. The Balaban J connectivity index is 2.38. The van der Waals surface area contributed by atoms with Gasteiger partial charge in [-0.15, -0.1) is 0 Å². The van der Waals surface area contributed by atoms with Gasteiger partial charge in [0.25, 0.3) is 5.56 Å². The highest BCUT2D eigenvalue weighted by atomic mass is 16.4. The van der Waals surface area contributed by atoms with Gasteiger partial charge in [0.05, 0.1) is 12.0 Å². The Morgan fingerprint density at radius 2 is 2.17 bits per heavy atom. The Labute approximate surface area is 100 Å². The average molecular weight is 246 g/mol. The molecule has 0 bridgehead atoms. The number of fused-ring (bicyclic) bond motifs is 1. The Morgan fingerprint density at radius 3 is 2.83 bits per heavy atom. The fraction of sp³-hybridized carbons (Fsp3) is 0.200. The van der Waals surface area contributed by atoms with Crippen LogP contribution in [0, 0.1) is 13.8 Å². The van der Waals surface area contributed by atoms with Crippen molar-refractivity contribution >= 4 is 17.1 Å². The number of aromatic nitrogens is 5. The summed E-state index contributed by atoms with van der Waals surface area (Å²) in [5, 5.41) is 0. The van der Waals surface area contributed by atoms with Crippen LogP contribution in [0.3, 0.4) is 0 Å². The quantitative estimate of drug-likeness (QED) is 0.637. The van der Waals surface area contributed by atoms with E-state index in [2.05, 4.69) is 19.9 Å². The molecule has 3 aromatic heterocycles. The number of nitrogens with one attached hydrogen (secondary N) is 1. The van der Waals surface area contributed by atoms with Crippen molar-refractivity contribution in [3.8, 4) is 6.01 Å². The van der Waals surface area contributed by atoms with Gasteiger partial charge in [-0.1, -0.05) is 0 Å². The van der Waals surface area contributed by atoms with E-state index < -0.39 is 5.56 Å². The van der Waals surface area contributed by atoms with Crippen molar-refractivity contribution in [2.24, 2.45) is 0 Å². The maximum atomic E-state index is 12.2. The van der Waals surface area contributed by atoms with Crippen LogP contribution in [0.2, 0.25) is 0 Å². The lowest BCUT2D eigenvalue weighted by atomic mass is 10.4. The second kappa shape index (κ2) is 3.42. The van der Waals surface area contributed by atoms with Crippen molar-refractivity contribution < 1.29 is 4.42 Å². The van der Waals surface area contributed by atoms with Gasteiger partial charge in [-0.25, -0.2) is 4.98 Å². The maximum absolute atomic E-state index is 12.2. The summed E-state index contributed by atoms with van der Waals surface area (Å²) in [5.41, 5.74) is 6.57. The summed E-state index contributed by atoms with van der Waals surface area (Å²) in [7, 11) is 0. The van der Waals surface area contributed by atoms with E-state index in [1.807, 2.05) is 0 Å². The molecule has 0 aliphatic heterocycles.